The van der Waals surface area contributed by atoms with Crippen molar-refractivity contribution in [1.82, 2.24) is 20.2 Å². The molecule has 0 aliphatic heterocycles. The number of aromatic nitrogens is 4. The molecule has 1 N–H and O–H groups in total. The number of anilines is 1. The molecule has 2 aromatic carbocycles. The van der Waals surface area contributed by atoms with Gasteiger partial charge in [0.15, 0.2) is 0 Å². The summed E-state index contributed by atoms with van der Waals surface area (Å²) < 4.78 is 1.46. The third kappa shape index (κ3) is 3.79. The summed E-state index contributed by atoms with van der Waals surface area (Å²) >= 11 is 12.2. The highest BCUT2D eigenvalue weighted by molar-refractivity contribution is 6.34. The van der Waals surface area contributed by atoms with Crippen molar-refractivity contribution in [2.75, 3.05) is 5.32 Å². The van der Waals surface area contributed by atoms with Crippen LogP contribution < -0.4 is 5.32 Å². The summed E-state index contributed by atoms with van der Waals surface area (Å²) in [4.78, 5) is 12.1. The lowest BCUT2D eigenvalue weighted by atomic mass is 10.2. The normalized spacial score (nSPS) is 10.9. The quantitative estimate of drug-likeness (QED) is 0.722. The van der Waals surface area contributed by atoms with Crippen molar-refractivity contribution in [3.63, 3.8) is 0 Å². The van der Waals surface area contributed by atoms with Gasteiger partial charge in [-0.05, 0) is 46.3 Å². The van der Waals surface area contributed by atoms with E-state index in [1.165, 1.54) is 17.1 Å². The molecule has 0 saturated carbocycles. The van der Waals surface area contributed by atoms with Gasteiger partial charge in [-0.25, -0.2) is 4.68 Å². The number of tetrazole rings is 1. The van der Waals surface area contributed by atoms with Crippen molar-refractivity contribution in [3.05, 3.63) is 70.5 Å². The minimum Gasteiger partial charge on any atom is -0.321 e. The van der Waals surface area contributed by atoms with E-state index in [1.54, 1.807) is 30.3 Å². The molecule has 0 spiro atoms. The van der Waals surface area contributed by atoms with Gasteiger partial charge in [0.25, 0.3) is 0 Å². The van der Waals surface area contributed by atoms with Crippen LogP contribution in [0.3, 0.4) is 0 Å². The maximum atomic E-state index is 12.1. The molecule has 6 nitrogen and oxygen atoms in total. The number of hydrogen-bond donors (Lipinski definition) is 1. The Morgan fingerprint density at radius 1 is 1.12 bits per heavy atom. The summed E-state index contributed by atoms with van der Waals surface area (Å²) in [7, 11) is 0. The summed E-state index contributed by atoms with van der Waals surface area (Å²) in [5, 5.41) is 14.6. The SMILES string of the molecule is O=C(/C=C/c1ccccc1Cl)Nc1cc(-n2cnnn2)ccc1Cl. The Bertz CT molecular complexity index is 893. The number of halogens is 2. The van der Waals surface area contributed by atoms with Crippen LogP contribution >= 0.6 is 23.2 Å². The second-order valence-electron chi connectivity index (χ2n) is 4.76. The molecule has 24 heavy (non-hydrogen) atoms. The highest BCUT2D eigenvalue weighted by atomic mass is 35.5. The van der Waals surface area contributed by atoms with E-state index in [9.17, 15) is 4.79 Å². The van der Waals surface area contributed by atoms with Gasteiger partial charge in [0.1, 0.15) is 6.33 Å². The van der Waals surface area contributed by atoms with Gasteiger partial charge in [0.2, 0.25) is 5.91 Å². The van der Waals surface area contributed by atoms with Crippen LogP contribution in [0.4, 0.5) is 5.69 Å². The molecule has 0 saturated heterocycles. The molecule has 8 heteroatoms. The monoisotopic (exact) mass is 359 g/mol. The van der Waals surface area contributed by atoms with Crippen molar-refractivity contribution in [3.8, 4) is 5.69 Å². The molecule has 1 aromatic heterocycles. The maximum absolute atomic E-state index is 12.1. The summed E-state index contributed by atoms with van der Waals surface area (Å²) in [6.07, 6.45) is 4.48. The van der Waals surface area contributed by atoms with Gasteiger partial charge >= 0.3 is 0 Å². The van der Waals surface area contributed by atoms with Crippen LogP contribution in [0.2, 0.25) is 10.0 Å². The van der Waals surface area contributed by atoms with E-state index in [4.69, 9.17) is 23.2 Å². The third-order valence-electron chi connectivity index (χ3n) is 3.14. The van der Waals surface area contributed by atoms with Gasteiger partial charge in [0, 0.05) is 11.1 Å². The number of benzene rings is 2. The molecule has 0 aliphatic carbocycles. The first-order valence-corrected chi connectivity index (χ1v) is 7.65. The maximum Gasteiger partial charge on any atom is 0.248 e. The molecule has 0 aliphatic rings. The zero-order chi connectivity index (χ0) is 16.9. The lowest BCUT2D eigenvalue weighted by Gasteiger charge is -2.07. The van der Waals surface area contributed by atoms with Crippen molar-refractivity contribution >= 4 is 40.9 Å². The molecule has 0 atom stereocenters. The van der Waals surface area contributed by atoms with Crippen molar-refractivity contribution < 1.29 is 4.79 Å². The highest BCUT2D eigenvalue weighted by Crippen LogP contribution is 2.24. The number of carbonyl (C=O) groups excluding carboxylic acids is 1. The molecule has 0 fully saturated rings. The number of nitrogens with one attached hydrogen (secondary N) is 1. The van der Waals surface area contributed by atoms with Gasteiger partial charge in [-0.2, -0.15) is 0 Å². The number of nitrogens with zero attached hydrogens (tertiary/aromatic N) is 4. The molecule has 3 rings (SSSR count). The van der Waals surface area contributed by atoms with Gasteiger partial charge in [0.05, 0.1) is 16.4 Å². The van der Waals surface area contributed by atoms with Crippen LogP contribution in [-0.4, -0.2) is 26.1 Å². The fraction of sp³-hybridized carbons (Fsp3) is 0. The predicted octanol–water partition coefficient (Wildman–Crippen LogP) is 3.62. The zero-order valence-corrected chi connectivity index (χ0v) is 13.7. The molecule has 1 heterocycles. The van der Waals surface area contributed by atoms with E-state index in [1.807, 2.05) is 18.2 Å². The first-order chi connectivity index (χ1) is 11.6. The van der Waals surface area contributed by atoms with E-state index in [0.29, 0.717) is 21.4 Å². The molecular weight excluding hydrogens is 349 g/mol. The smallest absolute Gasteiger partial charge is 0.248 e. The van der Waals surface area contributed by atoms with E-state index >= 15 is 0 Å². The average molecular weight is 360 g/mol. The Balaban J connectivity index is 1.77. The van der Waals surface area contributed by atoms with Crippen LogP contribution in [0.1, 0.15) is 5.56 Å². The fourth-order valence-electron chi connectivity index (χ4n) is 1.98. The summed E-state index contributed by atoms with van der Waals surface area (Å²) in [6, 6.07) is 12.3. The molecule has 3 aromatic rings. The second kappa shape index (κ2) is 7.25. The number of hydrogen-bond acceptors (Lipinski definition) is 4. The van der Waals surface area contributed by atoms with Crippen LogP contribution in [0, 0.1) is 0 Å². The summed E-state index contributed by atoms with van der Waals surface area (Å²) in [6.45, 7) is 0. The molecule has 0 radical (unpaired) electrons. The minimum atomic E-state index is -0.328. The van der Waals surface area contributed by atoms with Gasteiger partial charge < -0.3 is 5.32 Å². The molecular formula is C16H11Cl2N5O. The Hall–Kier alpha value is -2.70. The highest BCUT2D eigenvalue weighted by Gasteiger charge is 2.07. The van der Waals surface area contributed by atoms with Gasteiger partial charge in [-0.15, -0.1) is 5.10 Å². The zero-order valence-electron chi connectivity index (χ0n) is 12.2. The predicted molar refractivity (Wildman–Crippen MR) is 93.3 cm³/mol. The Morgan fingerprint density at radius 2 is 1.96 bits per heavy atom. The minimum absolute atomic E-state index is 0.328. The van der Waals surface area contributed by atoms with E-state index in [2.05, 4.69) is 20.8 Å². The Labute approximate surface area is 147 Å². The average Bonchev–Trinajstić information content (AvgIpc) is 3.11. The van der Waals surface area contributed by atoms with Gasteiger partial charge in [-0.3, -0.25) is 4.79 Å². The van der Waals surface area contributed by atoms with Crippen LogP contribution in [0.5, 0.6) is 0 Å². The van der Waals surface area contributed by atoms with E-state index in [-0.39, 0.29) is 5.91 Å². The standard InChI is InChI=1S/C16H11Cl2N5O/c17-13-4-2-1-3-11(13)5-8-16(24)20-15-9-12(6-7-14(15)18)23-10-19-21-22-23/h1-10H,(H,20,24)/b8-5+. The number of rotatable bonds is 4. The largest absolute Gasteiger partial charge is 0.321 e. The molecule has 1 amide bonds. The second-order valence-corrected chi connectivity index (χ2v) is 5.58. The van der Waals surface area contributed by atoms with Gasteiger partial charge in [-0.1, -0.05) is 41.4 Å². The Kier molecular flexibility index (Phi) is 4.88. The molecule has 0 unspecified atom stereocenters. The lowest BCUT2D eigenvalue weighted by Crippen LogP contribution is -2.09. The number of carbonyl (C=O) groups is 1. The van der Waals surface area contributed by atoms with E-state index < -0.39 is 0 Å². The van der Waals surface area contributed by atoms with Crippen LogP contribution in [0.25, 0.3) is 11.8 Å². The first kappa shape index (κ1) is 16.2. The topological polar surface area (TPSA) is 72.7 Å². The Morgan fingerprint density at radius 3 is 2.71 bits per heavy atom. The summed E-state index contributed by atoms with van der Waals surface area (Å²) in [5.41, 5.74) is 1.89. The molecule has 120 valence electrons. The first-order valence-electron chi connectivity index (χ1n) is 6.90. The molecule has 0 bridgehead atoms. The number of amides is 1. The van der Waals surface area contributed by atoms with Crippen molar-refractivity contribution in [2.24, 2.45) is 0 Å². The van der Waals surface area contributed by atoms with E-state index in [0.717, 1.165) is 5.56 Å². The lowest BCUT2D eigenvalue weighted by molar-refractivity contribution is -0.111. The van der Waals surface area contributed by atoms with Crippen molar-refractivity contribution in [1.29, 1.82) is 0 Å². The van der Waals surface area contributed by atoms with Crippen LogP contribution in [0.15, 0.2) is 54.9 Å². The van der Waals surface area contributed by atoms with Crippen LogP contribution in [-0.2, 0) is 4.79 Å². The fourth-order valence-corrected chi connectivity index (χ4v) is 2.34. The summed E-state index contributed by atoms with van der Waals surface area (Å²) in [5.74, 6) is -0.328. The third-order valence-corrected chi connectivity index (χ3v) is 3.81. The van der Waals surface area contributed by atoms with Crippen molar-refractivity contribution in [2.45, 2.75) is 0 Å².